The van der Waals surface area contributed by atoms with Gasteiger partial charge in [-0.25, -0.2) is 14.4 Å². The summed E-state index contributed by atoms with van der Waals surface area (Å²) < 4.78 is 19.6. The normalized spacial score (nSPS) is 16.5. The van der Waals surface area contributed by atoms with Crippen LogP contribution in [0.15, 0.2) is 58.3 Å². The van der Waals surface area contributed by atoms with Gasteiger partial charge in [0.05, 0.1) is 5.69 Å². The summed E-state index contributed by atoms with van der Waals surface area (Å²) in [6.07, 6.45) is 4.92. The van der Waals surface area contributed by atoms with Crippen molar-refractivity contribution < 1.29 is 8.81 Å². The standard InChI is InChI=1S/C23H27FN6O/c1-16-5-7-17(8-6-16)22-28-19(15-31-22)9-12-27-23(25-2)29-18-10-13-30(14-18)21-20(24)4-3-11-26-21/h3-8,11,15,18H,9-10,12-14H2,1-2H3,(H2,25,27,29). The number of guanidine groups is 1. The molecule has 1 fully saturated rings. The number of pyridine rings is 1. The molecule has 8 heteroatoms. The lowest BCUT2D eigenvalue weighted by Gasteiger charge is -2.19. The van der Waals surface area contributed by atoms with Gasteiger partial charge in [-0.3, -0.25) is 4.99 Å². The van der Waals surface area contributed by atoms with Gasteiger partial charge in [0, 0.05) is 50.9 Å². The summed E-state index contributed by atoms with van der Waals surface area (Å²) >= 11 is 0. The van der Waals surface area contributed by atoms with Crippen LogP contribution in [-0.2, 0) is 6.42 Å². The first-order chi connectivity index (χ1) is 15.1. The van der Waals surface area contributed by atoms with Gasteiger partial charge in [-0.1, -0.05) is 17.7 Å². The second-order valence-electron chi connectivity index (χ2n) is 7.64. The molecule has 31 heavy (non-hydrogen) atoms. The zero-order valence-electron chi connectivity index (χ0n) is 17.8. The summed E-state index contributed by atoms with van der Waals surface area (Å²) in [5, 5.41) is 6.73. The largest absolute Gasteiger partial charge is 0.444 e. The Morgan fingerprint density at radius 1 is 1.29 bits per heavy atom. The average molecular weight is 423 g/mol. The van der Waals surface area contributed by atoms with Gasteiger partial charge in [-0.2, -0.15) is 0 Å². The van der Waals surface area contributed by atoms with Crippen LogP contribution in [0.3, 0.4) is 0 Å². The maximum atomic E-state index is 14.0. The molecule has 0 spiro atoms. The monoisotopic (exact) mass is 422 g/mol. The highest BCUT2D eigenvalue weighted by Crippen LogP contribution is 2.21. The number of rotatable bonds is 6. The van der Waals surface area contributed by atoms with Gasteiger partial charge < -0.3 is 20.0 Å². The lowest BCUT2D eigenvalue weighted by Crippen LogP contribution is -2.45. The third-order valence-electron chi connectivity index (χ3n) is 5.32. The second-order valence-corrected chi connectivity index (χ2v) is 7.64. The van der Waals surface area contributed by atoms with E-state index in [9.17, 15) is 4.39 Å². The molecule has 3 heterocycles. The molecule has 0 aliphatic carbocycles. The van der Waals surface area contributed by atoms with Gasteiger partial charge in [-0.05, 0) is 37.6 Å². The van der Waals surface area contributed by atoms with Crippen LogP contribution in [0.5, 0.6) is 0 Å². The number of hydrogen-bond donors (Lipinski definition) is 2. The van der Waals surface area contributed by atoms with Gasteiger partial charge in [-0.15, -0.1) is 0 Å². The molecule has 1 unspecified atom stereocenters. The Bertz CT molecular complexity index is 1030. The number of benzene rings is 1. The zero-order valence-corrected chi connectivity index (χ0v) is 17.8. The molecule has 2 N–H and O–H groups in total. The fourth-order valence-corrected chi connectivity index (χ4v) is 3.63. The minimum absolute atomic E-state index is 0.174. The molecular weight excluding hydrogens is 395 g/mol. The molecule has 1 atom stereocenters. The van der Waals surface area contributed by atoms with E-state index in [0.29, 0.717) is 31.2 Å². The Balaban J connectivity index is 1.25. The number of oxazole rings is 1. The van der Waals surface area contributed by atoms with E-state index in [1.165, 1.54) is 11.6 Å². The van der Waals surface area contributed by atoms with Crippen molar-refractivity contribution in [2.45, 2.75) is 25.8 Å². The third-order valence-corrected chi connectivity index (χ3v) is 5.32. The van der Waals surface area contributed by atoms with Crippen molar-refractivity contribution in [3.8, 4) is 11.5 Å². The Morgan fingerprint density at radius 3 is 2.90 bits per heavy atom. The molecule has 1 saturated heterocycles. The van der Waals surface area contributed by atoms with Crippen molar-refractivity contribution >= 4 is 11.8 Å². The summed E-state index contributed by atoms with van der Waals surface area (Å²) in [6, 6.07) is 11.3. The number of aryl methyl sites for hydroxylation is 1. The van der Waals surface area contributed by atoms with Crippen LogP contribution < -0.4 is 15.5 Å². The maximum absolute atomic E-state index is 14.0. The van der Waals surface area contributed by atoms with Crippen LogP contribution in [0, 0.1) is 12.7 Å². The minimum Gasteiger partial charge on any atom is -0.444 e. The SMILES string of the molecule is CN=C(NCCc1coc(-c2ccc(C)cc2)n1)NC1CCN(c2ncccc2F)C1. The van der Waals surface area contributed by atoms with Crippen molar-refractivity contribution in [2.75, 3.05) is 31.6 Å². The summed E-state index contributed by atoms with van der Waals surface area (Å²) in [4.78, 5) is 15.0. The molecule has 0 radical (unpaired) electrons. The van der Waals surface area contributed by atoms with Crippen molar-refractivity contribution in [1.82, 2.24) is 20.6 Å². The fourth-order valence-electron chi connectivity index (χ4n) is 3.63. The minimum atomic E-state index is -0.289. The summed E-state index contributed by atoms with van der Waals surface area (Å²) in [5.74, 6) is 1.47. The number of nitrogens with zero attached hydrogens (tertiary/aromatic N) is 4. The summed E-state index contributed by atoms with van der Waals surface area (Å²) in [7, 11) is 1.74. The Labute approximate surface area is 181 Å². The lowest BCUT2D eigenvalue weighted by molar-refractivity contribution is 0.572. The highest BCUT2D eigenvalue weighted by molar-refractivity contribution is 5.80. The van der Waals surface area contributed by atoms with Crippen LogP contribution in [0.4, 0.5) is 10.2 Å². The molecule has 1 aliphatic heterocycles. The summed E-state index contributed by atoms with van der Waals surface area (Å²) in [6.45, 7) is 4.16. The quantitative estimate of drug-likeness (QED) is 0.469. The van der Waals surface area contributed by atoms with Crippen molar-refractivity contribution in [3.05, 3.63) is 65.9 Å². The van der Waals surface area contributed by atoms with E-state index < -0.39 is 0 Å². The third kappa shape index (κ3) is 5.20. The molecule has 0 amide bonds. The number of halogens is 1. The first-order valence-corrected chi connectivity index (χ1v) is 10.5. The van der Waals surface area contributed by atoms with Crippen LogP contribution in [0.25, 0.3) is 11.5 Å². The number of nitrogens with one attached hydrogen (secondary N) is 2. The van der Waals surface area contributed by atoms with Crippen LogP contribution in [0.1, 0.15) is 17.7 Å². The molecule has 7 nitrogen and oxygen atoms in total. The predicted molar refractivity (Wildman–Crippen MR) is 120 cm³/mol. The van der Waals surface area contributed by atoms with Gasteiger partial charge in [0.2, 0.25) is 5.89 Å². The lowest BCUT2D eigenvalue weighted by atomic mass is 10.1. The van der Waals surface area contributed by atoms with E-state index in [0.717, 1.165) is 30.2 Å². The van der Waals surface area contributed by atoms with E-state index in [1.807, 2.05) is 29.2 Å². The Kier molecular flexibility index (Phi) is 6.45. The van der Waals surface area contributed by atoms with Crippen LogP contribution >= 0.6 is 0 Å². The van der Waals surface area contributed by atoms with E-state index in [4.69, 9.17) is 4.42 Å². The number of hydrogen-bond acceptors (Lipinski definition) is 5. The molecule has 1 aliphatic rings. The predicted octanol–water partition coefficient (Wildman–Crippen LogP) is 3.17. The highest BCUT2D eigenvalue weighted by atomic mass is 19.1. The van der Waals surface area contributed by atoms with Gasteiger partial charge >= 0.3 is 0 Å². The van der Waals surface area contributed by atoms with E-state index >= 15 is 0 Å². The van der Waals surface area contributed by atoms with Crippen LogP contribution in [0.2, 0.25) is 0 Å². The molecule has 4 rings (SSSR count). The molecule has 162 valence electrons. The first-order valence-electron chi connectivity index (χ1n) is 10.5. The van der Waals surface area contributed by atoms with Gasteiger partial charge in [0.25, 0.3) is 0 Å². The Hall–Kier alpha value is -3.42. The molecule has 0 bridgehead atoms. The second kappa shape index (κ2) is 9.59. The van der Waals surface area contributed by atoms with Crippen molar-refractivity contribution in [1.29, 1.82) is 0 Å². The molecule has 1 aromatic carbocycles. The summed E-state index contributed by atoms with van der Waals surface area (Å²) in [5.41, 5.74) is 3.06. The van der Waals surface area contributed by atoms with Crippen LogP contribution in [-0.4, -0.2) is 48.7 Å². The number of anilines is 1. The van der Waals surface area contributed by atoms with E-state index in [-0.39, 0.29) is 11.9 Å². The Morgan fingerprint density at radius 2 is 2.13 bits per heavy atom. The first kappa shape index (κ1) is 20.8. The van der Waals surface area contributed by atoms with Crippen molar-refractivity contribution in [3.63, 3.8) is 0 Å². The average Bonchev–Trinajstić information content (AvgIpc) is 3.44. The molecular formula is C23H27FN6O. The molecule has 3 aromatic rings. The smallest absolute Gasteiger partial charge is 0.226 e. The van der Waals surface area contributed by atoms with Gasteiger partial charge in [0.1, 0.15) is 6.26 Å². The molecule has 2 aromatic heterocycles. The number of aliphatic imine (C=N–C) groups is 1. The van der Waals surface area contributed by atoms with Crippen molar-refractivity contribution in [2.24, 2.45) is 4.99 Å². The number of aromatic nitrogens is 2. The fraction of sp³-hybridized carbons (Fsp3) is 0.348. The highest BCUT2D eigenvalue weighted by Gasteiger charge is 2.25. The topological polar surface area (TPSA) is 78.6 Å². The van der Waals surface area contributed by atoms with E-state index in [1.54, 1.807) is 25.6 Å². The maximum Gasteiger partial charge on any atom is 0.226 e. The molecule has 0 saturated carbocycles. The van der Waals surface area contributed by atoms with E-state index in [2.05, 4.69) is 32.5 Å². The van der Waals surface area contributed by atoms with Gasteiger partial charge in [0.15, 0.2) is 17.6 Å². The zero-order chi connectivity index (χ0) is 21.6.